The number of β-amino-alcohol motifs (C(OH)–C–C–N with tert-alkyl or cyclic N) is 1. The van der Waals surface area contributed by atoms with Crippen LogP contribution < -0.4 is 5.32 Å². The molecule has 112 valence electrons. The maximum atomic E-state index is 12.6. The van der Waals surface area contributed by atoms with Crippen molar-refractivity contribution >= 4 is 15.8 Å². The number of nitrogens with zero attached hydrogens (tertiary/aromatic N) is 2. The van der Waals surface area contributed by atoms with Crippen molar-refractivity contribution in [2.45, 2.75) is 37.2 Å². The summed E-state index contributed by atoms with van der Waals surface area (Å²) in [4.78, 5) is 4.28. The van der Waals surface area contributed by atoms with Gasteiger partial charge in [0.15, 0.2) is 0 Å². The SMILES string of the molecule is CCCNc1ncccc1S(=O)(=O)N1CCC(C)(O)C1. The minimum Gasteiger partial charge on any atom is -0.389 e. The Balaban J connectivity index is 2.30. The number of pyridine rings is 1. The Morgan fingerprint density at radius 2 is 2.30 bits per heavy atom. The van der Waals surface area contributed by atoms with Crippen LogP contribution in [0.3, 0.4) is 0 Å². The number of aliphatic hydroxyl groups is 1. The van der Waals surface area contributed by atoms with Crippen molar-refractivity contribution < 1.29 is 13.5 Å². The summed E-state index contributed by atoms with van der Waals surface area (Å²) in [5.74, 6) is 0.376. The van der Waals surface area contributed by atoms with Gasteiger partial charge in [0.25, 0.3) is 0 Å². The van der Waals surface area contributed by atoms with Crippen LogP contribution in [0.15, 0.2) is 23.2 Å². The third kappa shape index (κ3) is 3.11. The molecule has 2 heterocycles. The van der Waals surface area contributed by atoms with Crippen LogP contribution in [0.2, 0.25) is 0 Å². The molecule has 1 aliphatic rings. The highest BCUT2D eigenvalue weighted by atomic mass is 32.2. The van der Waals surface area contributed by atoms with Crippen molar-refractivity contribution in [3.05, 3.63) is 18.3 Å². The van der Waals surface area contributed by atoms with Gasteiger partial charge in [-0.3, -0.25) is 0 Å². The molecule has 1 aliphatic heterocycles. The molecule has 1 saturated heterocycles. The molecule has 2 N–H and O–H groups in total. The number of anilines is 1. The van der Waals surface area contributed by atoms with E-state index in [1.54, 1.807) is 25.3 Å². The van der Waals surface area contributed by atoms with Gasteiger partial charge in [-0.15, -0.1) is 0 Å². The van der Waals surface area contributed by atoms with Gasteiger partial charge in [-0.1, -0.05) is 6.92 Å². The minimum absolute atomic E-state index is 0.122. The lowest BCUT2D eigenvalue weighted by Gasteiger charge is -2.20. The normalized spacial score (nSPS) is 23.9. The van der Waals surface area contributed by atoms with Gasteiger partial charge >= 0.3 is 0 Å². The zero-order chi connectivity index (χ0) is 14.8. The van der Waals surface area contributed by atoms with Gasteiger partial charge in [0, 0.05) is 25.8 Å². The molecule has 6 nitrogen and oxygen atoms in total. The molecule has 1 fully saturated rings. The van der Waals surface area contributed by atoms with Crippen molar-refractivity contribution in [2.24, 2.45) is 0 Å². The number of hydrogen-bond donors (Lipinski definition) is 2. The quantitative estimate of drug-likeness (QED) is 0.849. The Morgan fingerprint density at radius 1 is 1.55 bits per heavy atom. The molecular formula is C13H21N3O3S. The number of sulfonamides is 1. The first-order valence-corrected chi connectivity index (χ1v) is 8.22. The van der Waals surface area contributed by atoms with Crippen LogP contribution in [0.1, 0.15) is 26.7 Å². The van der Waals surface area contributed by atoms with E-state index in [0.717, 1.165) is 6.42 Å². The molecule has 0 saturated carbocycles. The maximum absolute atomic E-state index is 12.6. The molecule has 0 aliphatic carbocycles. The number of aromatic nitrogens is 1. The molecule has 7 heteroatoms. The van der Waals surface area contributed by atoms with E-state index in [0.29, 0.717) is 25.3 Å². The predicted molar refractivity (Wildman–Crippen MR) is 77.0 cm³/mol. The Labute approximate surface area is 119 Å². The lowest BCUT2D eigenvalue weighted by Crippen LogP contribution is -2.34. The molecule has 0 amide bonds. The first-order valence-electron chi connectivity index (χ1n) is 6.78. The fourth-order valence-corrected chi connectivity index (χ4v) is 3.90. The Kier molecular flexibility index (Phi) is 4.31. The Morgan fingerprint density at radius 3 is 2.90 bits per heavy atom. The van der Waals surface area contributed by atoms with Crippen molar-refractivity contribution in [3.8, 4) is 0 Å². The van der Waals surface area contributed by atoms with Gasteiger partial charge in [-0.05, 0) is 31.9 Å². The maximum Gasteiger partial charge on any atom is 0.246 e. The number of nitrogens with one attached hydrogen (secondary N) is 1. The lowest BCUT2D eigenvalue weighted by atomic mass is 10.1. The highest BCUT2D eigenvalue weighted by Gasteiger charge is 2.39. The second-order valence-corrected chi connectivity index (χ2v) is 7.27. The summed E-state index contributed by atoms with van der Waals surface area (Å²) in [6.45, 7) is 4.77. The van der Waals surface area contributed by atoms with Gasteiger partial charge in [0.2, 0.25) is 10.0 Å². The monoisotopic (exact) mass is 299 g/mol. The van der Waals surface area contributed by atoms with E-state index in [4.69, 9.17) is 0 Å². The van der Waals surface area contributed by atoms with Gasteiger partial charge in [-0.2, -0.15) is 4.31 Å². The standard InChI is InChI=1S/C13H21N3O3S/c1-3-7-14-12-11(5-4-8-15-12)20(18,19)16-9-6-13(2,17)10-16/h4-5,8,17H,3,6-7,9-10H2,1-2H3,(H,14,15). The highest BCUT2D eigenvalue weighted by Crippen LogP contribution is 2.29. The first kappa shape index (κ1) is 15.2. The van der Waals surface area contributed by atoms with Crippen molar-refractivity contribution in [1.29, 1.82) is 0 Å². The summed E-state index contributed by atoms with van der Waals surface area (Å²) in [6, 6.07) is 3.16. The summed E-state index contributed by atoms with van der Waals surface area (Å²) in [5.41, 5.74) is -0.952. The lowest BCUT2D eigenvalue weighted by molar-refractivity contribution is 0.0762. The summed E-state index contributed by atoms with van der Waals surface area (Å²) in [7, 11) is -3.62. The average Bonchev–Trinajstić information content (AvgIpc) is 2.78. The van der Waals surface area contributed by atoms with Crippen LogP contribution >= 0.6 is 0 Å². The van der Waals surface area contributed by atoms with E-state index >= 15 is 0 Å². The van der Waals surface area contributed by atoms with Gasteiger partial charge < -0.3 is 10.4 Å². The molecule has 0 aromatic carbocycles. The van der Waals surface area contributed by atoms with Gasteiger partial charge in [0.1, 0.15) is 10.7 Å². The van der Waals surface area contributed by atoms with Crippen LogP contribution in [0, 0.1) is 0 Å². The molecule has 0 bridgehead atoms. The second-order valence-electron chi connectivity index (χ2n) is 5.36. The minimum atomic E-state index is -3.62. The van der Waals surface area contributed by atoms with Crippen LogP contribution in [0.25, 0.3) is 0 Å². The highest BCUT2D eigenvalue weighted by molar-refractivity contribution is 7.89. The largest absolute Gasteiger partial charge is 0.389 e. The van der Waals surface area contributed by atoms with Crippen molar-refractivity contribution in [3.63, 3.8) is 0 Å². The molecule has 0 radical (unpaired) electrons. The van der Waals surface area contributed by atoms with E-state index < -0.39 is 15.6 Å². The zero-order valence-corrected chi connectivity index (χ0v) is 12.7. The third-order valence-corrected chi connectivity index (χ3v) is 5.22. The fourth-order valence-electron chi connectivity index (χ4n) is 2.22. The fraction of sp³-hybridized carbons (Fsp3) is 0.615. The zero-order valence-electron chi connectivity index (χ0n) is 11.8. The smallest absolute Gasteiger partial charge is 0.246 e. The summed E-state index contributed by atoms with van der Waals surface area (Å²) in [6.07, 6.45) is 2.90. The molecule has 0 spiro atoms. The molecule has 1 aromatic heterocycles. The second kappa shape index (κ2) is 5.67. The van der Waals surface area contributed by atoms with E-state index in [1.807, 2.05) is 6.92 Å². The molecular weight excluding hydrogens is 278 g/mol. The molecule has 1 unspecified atom stereocenters. The van der Waals surface area contributed by atoms with Gasteiger partial charge in [0.05, 0.1) is 5.60 Å². The van der Waals surface area contributed by atoms with Crippen LogP contribution in [-0.4, -0.2) is 48.0 Å². The van der Waals surface area contributed by atoms with Crippen LogP contribution in [0.5, 0.6) is 0 Å². The number of hydrogen-bond acceptors (Lipinski definition) is 5. The molecule has 1 aromatic rings. The average molecular weight is 299 g/mol. The summed E-state index contributed by atoms with van der Waals surface area (Å²) in [5, 5.41) is 13.0. The topological polar surface area (TPSA) is 82.5 Å². The van der Waals surface area contributed by atoms with Crippen LogP contribution in [0.4, 0.5) is 5.82 Å². The van der Waals surface area contributed by atoms with Crippen LogP contribution in [-0.2, 0) is 10.0 Å². The predicted octanol–water partition coefficient (Wildman–Crippen LogP) is 1.05. The van der Waals surface area contributed by atoms with E-state index in [1.165, 1.54) is 4.31 Å². The van der Waals surface area contributed by atoms with Crippen molar-refractivity contribution in [2.75, 3.05) is 25.0 Å². The number of rotatable bonds is 5. The van der Waals surface area contributed by atoms with E-state index in [2.05, 4.69) is 10.3 Å². The third-order valence-electron chi connectivity index (χ3n) is 3.35. The molecule has 1 atom stereocenters. The van der Waals surface area contributed by atoms with Gasteiger partial charge in [-0.25, -0.2) is 13.4 Å². The summed E-state index contributed by atoms with van der Waals surface area (Å²) >= 11 is 0. The molecule has 2 rings (SSSR count). The molecule has 20 heavy (non-hydrogen) atoms. The Hall–Kier alpha value is -1.18. The van der Waals surface area contributed by atoms with E-state index in [9.17, 15) is 13.5 Å². The summed E-state index contributed by atoms with van der Waals surface area (Å²) < 4.78 is 26.6. The van der Waals surface area contributed by atoms with E-state index in [-0.39, 0.29) is 11.4 Å². The first-order chi connectivity index (χ1) is 9.37. The Bertz CT molecular complexity index is 572. The van der Waals surface area contributed by atoms with Crippen molar-refractivity contribution in [1.82, 2.24) is 9.29 Å².